The van der Waals surface area contributed by atoms with E-state index in [9.17, 15) is 4.79 Å². The number of nitrogens with one attached hydrogen (secondary N) is 1. The molecular formula is C13H16BrNO2. The van der Waals surface area contributed by atoms with Gasteiger partial charge in [-0.05, 0) is 30.7 Å². The van der Waals surface area contributed by atoms with E-state index in [1.165, 1.54) is 0 Å². The summed E-state index contributed by atoms with van der Waals surface area (Å²) >= 11 is 3.40. The van der Waals surface area contributed by atoms with E-state index in [0.717, 1.165) is 23.2 Å². The van der Waals surface area contributed by atoms with E-state index in [1.54, 1.807) is 0 Å². The summed E-state index contributed by atoms with van der Waals surface area (Å²) < 4.78 is 6.09. The summed E-state index contributed by atoms with van der Waals surface area (Å²) in [7, 11) is 0. The van der Waals surface area contributed by atoms with Crippen molar-refractivity contribution in [1.82, 2.24) is 5.32 Å². The number of halogens is 1. The molecule has 1 heterocycles. The summed E-state index contributed by atoms with van der Waals surface area (Å²) in [5.41, 5.74) is 1.87. The Morgan fingerprint density at radius 1 is 1.47 bits per heavy atom. The predicted octanol–water partition coefficient (Wildman–Crippen LogP) is 2.52. The molecule has 1 amide bonds. The molecule has 4 heteroatoms. The Morgan fingerprint density at radius 3 is 2.71 bits per heavy atom. The minimum absolute atomic E-state index is 0.0254. The fourth-order valence-corrected chi connectivity index (χ4v) is 2.42. The molecule has 1 aromatic carbocycles. The number of ether oxygens (including phenoxy) is 1. The van der Waals surface area contributed by atoms with Gasteiger partial charge in [-0.15, -0.1) is 0 Å². The van der Waals surface area contributed by atoms with Crippen molar-refractivity contribution in [3.05, 3.63) is 33.8 Å². The number of carbonyl (C=O) groups is 1. The first kappa shape index (κ1) is 12.6. The van der Waals surface area contributed by atoms with Crippen molar-refractivity contribution in [2.24, 2.45) is 5.41 Å². The second-order valence-corrected chi connectivity index (χ2v) is 5.92. The molecule has 0 unspecified atom stereocenters. The van der Waals surface area contributed by atoms with E-state index < -0.39 is 0 Å². The topological polar surface area (TPSA) is 38.3 Å². The zero-order valence-electron chi connectivity index (χ0n) is 10.0. The van der Waals surface area contributed by atoms with Gasteiger partial charge in [-0.25, -0.2) is 0 Å². The largest absolute Gasteiger partial charge is 0.380 e. The summed E-state index contributed by atoms with van der Waals surface area (Å²) in [5, 5.41) is 2.96. The van der Waals surface area contributed by atoms with Crippen LogP contribution in [0.3, 0.4) is 0 Å². The van der Waals surface area contributed by atoms with Gasteiger partial charge in [0.15, 0.2) is 0 Å². The Balaban J connectivity index is 1.99. The van der Waals surface area contributed by atoms with Gasteiger partial charge in [0.2, 0.25) is 0 Å². The Hall–Kier alpha value is -0.870. The third-order valence-corrected chi connectivity index (χ3v) is 3.34. The number of aryl methyl sites for hydroxylation is 1. The zero-order valence-corrected chi connectivity index (χ0v) is 11.6. The lowest BCUT2D eigenvalue weighted by Gasteiger charge is -2.38. The lowest BCUT2D eigenvalue weighted by atomic mass is 9.88. The molecule has 0 spiro atoms. The van der Waals surface area contributed by atoms with Crippen LogP contribution in [0.4, 0.5) is 0 Å². The van der Waals surface area contributed by atoms with E-state index in [4.69, 9.17) is 4.74 Å². The molecule has 3 nitrogen and oxygen atoms in total. The highest BCUT2D eigenvalue weighted by molar-refractivity contribution is 9.10. The van der Waals surface area contributed by atoms with Gasteiger partial charge in [0, 0.05) is 22.0 Å². The standard InChI is InChI=1S/C13H16BrNO2/c1-9-3-10(5-11(14)4-9)12(16)15-6-13(2)7-17-8-13/h3-5H,6-8H2,1-2H3,(H,15,16). The molecule has 1 aliphatic rings. The molecule has 0 bridgehead atoms. The number of hydrogen-bond acceptors (Lipinski definition) is 2. The smallest absolute Gasteiger partial charge is 0.251 e. The maximum Gasteiger partial charge on any atom is 0.251 e. The Labute approximate surface area is 110 Å². The van der Waals surface area contributed by atoms with Gasteiger partial charge >= 0.3 is 0 Å². The van der Waals surface area contributed by atoms with Gasteiger partial charge in [-0.3, -0.25) is 4.79 Å². The second-order valence-electron chi connectivity index (χ2n) is 5.00. The maximum atomic E-state index is 12.0. The van der Waals surface area contributed by atoms with Gasteiger partial charge in [0.05, 0.1) is 13.2 Å². The Kier molecular flexibility index (Phi) is 3.54. The number of benzene rings is 1. The van der Waals surface area contributed by atoms with E-state index in [2.05, 4.69) is 28.2 Å². The first-order chi connectivity index (χ1) is 7.98. The van der Waals surface area contributed by atoms with Crippen LogP contribution in [-0.4, -0.2) is 25.7 Å². The molecule has 2 rings (SSSR count). The molecule has 0 aliphatic carbocycles. The van der Waals surface area contributed by atoms with Crippen LogP contribution in [0.15, 0.2) is 22.7 Å². The van der Waals surface area contributed by atoms with Gasteiger partial charge in [0.1, 0.15) is 0 Å². The van der Waals surface area contributed by atoms with Gasteiger partial charge < -0.3 is 10.1 Å². The molecule has 0 radical (unpaired) electrons. The first-order valence-corrected chi connectivity index (χ1v) is 6.41. The lowest BCUT2D eigenvalue weighted by Crippen LogP contribution is -2.48. The van der Waals surface area contributed by atoms with Crippen LogP contribution in [0.25, 0.3) is 0 Å². The highest BCUT2D eigenvalue weighted by Gasteiger charge is 2.33. The van der Waals surface area contributed by atoms with Crippen LogP contribution in [0.2, 0.25) is 0 Å². The molecule has 0 saturated carbocycles. The van der Waals surface area contributed by atoms with Crippen LogP contribution >= 0.6 is 15.9 Å². The van der Waals surface area contributed by atoms with Crippen molar-refractivity contribution in [3.63, 3.8) is 0 Å². The van der Waals surface area contributed by atoms with Crippen LogP contribution in [0.5, 0.6) is 0 Å². The van der Waals surface area contributed by atoms with Gasteiger partial charge in [0.25, 0.3) is 5.91 Å². The molecule has 1 N–H and O–H groups in total. The Morgan fingerprint density at radius 2 is 2.18 bits per heavy atom. The Bertz CT molecular complexity index is 421. The summed E-state index contributed by atoms with van der Waals surface area (Å²) in [6.45, 7) is 6.21. The predicted molar refractivity (Wildman–Crippen MR) is 70.1 cm³/mol. The van der Waals surface area contributed by atoms with Crippen molar-refractivity contribution in [2.75, 3.05) is 19.8 Å². The van der Waals surface area contributed by atoms with E-state index in [0.29, 0.717) is 12.1 Å². The van der Waals surface area contributed by atoms with Crippen LogP contribution in [-0.2, 0) is 4.74 Å². The molecule has 92 valence electrons. The quantitative estimate of drug-likeness (QED) is 0.931. The van der Waals surface area contributed by atoms with Crippen molar-refractivity contribution >= 4 is 21.8 Å². The average molecular weight is 298 g/mol. The fraction of sp³-hybridized carbons (Fsp3) is 0.462. The minimum Gasteiger partial charge on any atom is -0.380 e. The highest BCUT2D eigenvalue weighted by atomic mass is 79.9. The molecule has 17 heavy (non-hydrogen) atoms. The van der Waals surface area contributed by atoms with Crippen molar-refractivity contribution < 1.29 is 9.53 Å². The average Bonchev–Trinajstić information content (AvgIpc) is 2.22. The van der Waals surface area contributed by atoms with Crippen LogP contribution in [0, 0.1) is 12.3 Å². The number of rotatable bonds is 3. The molecular weight excluding hydrogens is 282 g/mol. The van der Waals surface area contributed by atoms with E-state index >= 15 is 0 Å². The monoisotopic (exact) mass is 297 g/mol. The van der Waals surface area contributed by atoms with Crippen LogP contribution in [0.1, 0.15) is 22.8 Å². The summed E-state index contributed by atoms with van der Waals surface area (Å²) in [5.74, 6) is -0.0254. The maximum absolute atomic E-state index is 12.0. The molecule has 1 aliphatic heterocycles. The van der Waals surface area contributed by atoms with Crippen molar-refractivity contribution in [1.29, 1.82) is 0 Å². The summed E-state index contributed by atoms with van der Waals surface area (Å²) in [6, 6.07) is 5.71. The first-order valence-electron chi connectivity index (χ1n) is 5.62. The normalized spacial score (nSPS) is 17.4. The molecule has 0 aromatic heterocycles. The third-order valence-electron chi connectivity index (χ3n) is 2.88. The second kappa shape index (κ2) is 4.78. The molecule has 1 saturated heterocycles. The number of hydrogen-bond donors (Lipinski definition) is 1. The SMILES string of the molecule is Cc1cc(Br)cc(C(=O)NCC2(C)COC2)c1. The number of carbonyl (C=O) groups excluding carboxylic acids is 1. The lowest BCUT2D eigenvalue weighted by molar-refractivity contribution is -0.0978. The summed E-state index contributed by atoms with van der Waals surface area (Å²) in [4.78, 5) is 12.0. The van der Waals surface area contributed by atoms with E-state index in [1.807, 2.05) is 25.1 Å². The van der Waals surface area contributed by atoms with Gasteiger partial charge in [-0.1, -0.05) is 22.9 Å². The molecule has 1 fully saturated rings. The zero-order chi connectivity index (χ0) is 12.5. The van der Waals surface area contributed by atoms with Crippen molar-refractivity contribution in [3.8, 4) is 0 Å². The fourth-order valence-electron chi connectivity index (χ4n) is 1.82. The summed E-state index contributed by atoms with van der Waals surface area (Å²) in [6.07, 6.45) is 0. The van der Waals surface area contributed by atoms with E-state index in [-0.39, 0.29) is 11.3 Å². The van der Waals surface area contributed by atoms with Crippen molar-refractivity contribution in [2.45, 2.75) is 13.8 Å². The van der Waals surface area contributed by atoms with Gasteiger partial charge in [-0.2, -0.15) is 0 Å². The molecule has 0 atom stereocenters. The third kappa shape index (κ3) is 3.07. The minimum atomic E-state index is -0.0254. The van der Waals surface area contributed by atoms with Crippen LogP contribution < -0.4 is 5.32 Å². The highest BCUT2D eigenvalue weighted by Crippen LogP contribution is 2.25. The number of amides is 1. The molecule has 1 aromatic rings.